The van der Waals surface area contributed by atoms with Gasteiger partial charge in [-0.1, -0.05) is 30.3 Å². The van der Waals surface area contributed by atoms with E-state index in [1.165, 1.54) is 4.90 Å². The van der Waals surface area contributed by atoms with Crippen LogP contribution < -0.4 is 17.0 Å². The maximum Gasteiger partial charge on any atom is 0.325 e. The van der Waals surface area contributed by atoms with Crippen molar-refractivity contribution in [1.29, 1.82) is 0 Å². The van der Waals surface area contributed by atoms with Crippen molar-refractivity contribution >= 4 is 5.91 Å². The molecule has 0 aliphatic heterocycles. The number of rotatable bonds is 5. The summed E-state index contributed by atoms with van der Waals surface area (Å²) in [4.78, 5) is 40.9. The van der Waals surface area contributed by atoms with Crippen molar-refractivity contribution in [3.05, 3.63) is 68.5 Å². The quantitative estimate of drug-likeness (QED) is 0.699. The number of hydrogen-bond acceptors (Lipinski definition) is 4. The second-order valence-electron chi connectivity index (χ2n) is 4.49. The molecule has 4 N–H and O–H groups in total. The average molecular weight is 288 g/mol. The fourth-order valence-electron chi connectivity index (χ4n) is 1.95. The molecule has 0 radical (unpaired) electrons. The summed E-state index contributed by atoms with van der Waals surface area (Å²) in [6.45, 7) is 0.932. The summed E-state index contributed by atoms with van der Waals surface area (Å²) < 4.78 is 0. The first kappa shape index (κ1) is 14.7. The summed E-state index contributed by atoms with van der Waals surface area (Å²) in [7, 11) is 0. The Hall–Kier alpha value is -2.67. The molecule has 0 bridgehead atoms. The third-order valence-corrected chi connectivity index (χ3v) is 2.95. The fraction of sp³-hybridized carbons (Fsp3) is 0.214. The van der Waals surface area contributed by atoms with Gasteiger partial charge in [-0.25, -0.2) is 4.79 Å². The van der Waals surface area contributed by atoms with E-state index in [-0.39, 0.29) is 12.1 Å². The monoisotopic (exact) mass is 288 g/mol. The van der Waals surface area contributed by atoms with Crippen molar-refractivity contribution in [3.8, 4) is 0 Å². The van der Waals surface area contributed by atoms with Gasteiger partial charge >= 0.3 is 5.69 Å². The fourth-order valence-corrected chi connectivity index (χ4v) is 1.95. The number of aromatic nitrogens is 2. The minimum Gasteiger partial charge on any atom is -0.333 e. The zero-order valence-corrected chi connectivity index (χ0v) is 11.3. The van der Waals surface area contributed by atoms with E-state index in [0.717, 1.165) is 11.8 Å². The van der Waals surface area contributed by atoms with E-state index in [9.17, 15) is 14.4 Å². The third kappa shape index (κ3) is 3.67. The van der Waals surface area contributed by atoms with Crippen LogP contribution in [0, 0.1) is 0 Å². The molecule has 0 unspecified atom stereocenters. The molecule has 0 aliphatic carbocycles. The topological polar surface area (TPSA) is 112 Å². The Kier molecular flexibility index (Phi) is 4.68. The van der Waals surface area contributed by atoms with Gasteiger partial charge in [0, 0.05) is 25.8 Å². The van der Waals surface area contributed by atoms with E-state index in [1.54, 1.807) is 0 Å². The number of amides is 1. The lowest BCUT2D eigenvalue weighted by molar-refractivity contribution is 0.0746. The van der Waals surface area contributed by atoms with Crippen LogP contribution >= 0.6 is 0 Å². The molecule has 0 atom stereocenters. The minimum atomic E-state index is -0.709. The second-order valence-corrected chi connectivity index (χ2v) is 4.49. The Morgan fingerprint density at radius 2 is 1.90 bits per heavy atom. The summed E-state index contributed by atoms with van der Waals surface area (Å²) >= 11 is 0. The van der Waals surface area contributed by atoms with Crippen LogP contribution in [0.3, 0.4) is 0 Å². The zero-order valence-electron chi connectivity index (χ0n) is 11.3. The van der Waals surface area contributed by atoms with Crippen LogP contribution in [0.1, 0.15) is 15.9 Å². The molecule has 21 heavy (non-hydrogen) atoms. The van der Waals surface area contributed by atoms with Crippen molar-refractivity contribution in [2.45, 2.75) is 6.54 Å². The molecule has 0 saturated carbocycles. The van der Waals surface area contributed by atoms with E-state index in [1.807, 2.05) is 35.3 Å². The van der Waals surface area contributed by atoms with Crippen LogP contribution in [0.5, 0.6) is 0 Å². The first-order valence-corrected chi connectivity index (χ1v) is 6.47. The van der Waals surface area contributed by atoms with Crippen molar-refractivity contribution in [2.24, 2.45) is 5.73 Å². The zero-order chi connectivity index (χ0) is 15.2. The Bertz CT molecular complexity index is 721. The lowest BCUT2D eigenvalue weighted by Crippen LogP contribution is -2.39. The highest BCUT2D eigenvalue weighted by Crippen LogP contribution is 2.06. The molecule has 1 heterocycles. The Morgan fingerprint density at radius 3 is 2.52 bits per heavy atom. The van der Waals surface area contributed by atoms with E-state index >= 15 is 0 Å². The van der Waals surface area contributed by atoms with Crippen molar-refractivity contribution in [2.75, 3.05) is 13.1 Å². The largest absolute Gasteiger partial charge is 0.333 e. The summed E-state index contributed by atoms with van der Waals surface area (Å²) in [5, 5.41) is 0. The molecule has 1 aromatic heterocycles. The van der Waals surface area contributed by atoms with Gasteiger partial charge in [0.2, 0.25) is 0 Å². The molecule has 0 saturated heterocycles. The summed E-state index contributed by atoms with van der Waals surface area (Å²) in [5.41, 5.74) is 4.98. The molecule has 0 aliphatic rings. The van der Waals surface area contributed by atoms with Gasteiger partial charge in [-0.2, -0.15) is 0 Å². The molecule has 2 rings (SSSR count). The number of benzene rings is 1. The lowest BCUT2D eigenvalue weighted by Gasteiger charge is -2.21. The molecular formula is C14H16N4O3. The van der Waals surface area contributed by atoms with Gasteiger partial charge in [0.15, 0.2) is 0 Å². The number of H-pyrrole nitrogens is 2. The molecule has 1 aromatic carbocycles. The average Bonchev–Trinajstić information content (AvgIpc) is 2.47. The van der Waals surface area contributed by atoms with E-state index in [2.05, 4.69) is 4.98 Å². The number of nitrogens with two attached hydrogens (primary N) is 1. The van der Waals surface area contributed by atoms with Gasteiger partial charge < -0.3 is 15.6 Å². The molecule has 0 fully saturated rings. The van der Waals surface area contributed by atoms with Gasteiger partial charge in [0.05, 0.1) is 0 Å². The normalized spacial score (nSPS) is 10.3. The second kappa shape index (κ2) is 6.67. The summed E-state index contributed by atoms with van der Waals surface area (Å²) in [5.74, 6) is -0.471. The molecule has 0 spiro atoms. The first-order chi connectivity index (χ1) is 10.1. The third-order valence-electron chi connectivity index (χ3n) is 2.95. The molecule has 7 nitrogen and oxygen atoms in total. The van der Waals surface area contributed by atoms with Gasteiger partial charge in [0.1, 0.15) is 5.56 Å². The Morgan fingerprint density at radius 1 is 1.19 bits per heavy atom. The number of nitrogens with zero attached hydrogens (tertiary/aromatic N) is 1. The minimum absolute atomic E-state index is 0.112. The van der Waals surface area contributed by atoms with Crippen LogP contribution in [0.25, 0.3) is 0 Å². The SMILES string of the molecule is NCCN(Cc1ccccc1)C(=O)c1c[nH]c(=O)[nH]c1=O. The predicted octanol–water partition coefficient (Wildman–Crippen LogP) is -0.336. The van der Waals surface area contributed by atoms with E-state index in [4.69, 9.17) is 5.73 Å². The summed E-state index contributed by atoms with van der Waals surface area (Å²) in [6.07, 6.45) is 1.12. The first-order valence-electron chi connectivity index (χ1n) is 6.47. The van der Waals surface area contributed by atoms with Crippen LogP contribution in [-0.4, -0.2) is 33.9 Å². The molecule has 1 amide bonds. The maximum atomic E-state index is 12.4. The lowest BCUT2D eigenvalue weighted by atomic mass is 10.2. The smallest absolute Gasteiger partial charge is 0.325 e. The number of aromatic amines is 2. The highest BCUT2D eigenvalue weighted by molar-refractivity contribution is 5.93. The van der Waals surface area contributed by atoms with Crippen LogP contribution in [0.15, 0.2) is 46.1 Å². The van der Waals surface area contributed by atoms with Gasteiger partial charge in [0.25, 0.3) is 11.5 Å². The molecule has 7 heteroatoms. The van der Waals surface area contributed by atoms with Gasteiger partial charge in [-0.3, -0.25) is 14.6 Å². The van der Waals surface area contributed by atoms with Gasteiger partial charge in [-0.15, -0.1) is 0 Å². The van der Waals surface area contributed by atoms with Gasteiger partial charge in [-0.05, 0) is 5.56 Å². The number of carbonyl (C=O) groups excluding carboxylic acids is 1. The standard InChI is InChI=1S/C14H16N4O3/c15-6-7-18(9-10-4-2-1-3-5-10)13(20)11-8-16-14(21)17-12(11)19/h1-5,8H,6-7,9,15H2,(H2,16,17,19,21). The molecule has 110 valence electrons. The van der Waals surface area contributed by atoms with Crippen molar-refractivity contribution < 1.29 is 4.79 Å². The Labute approximate surface area is 120 Å². The van der Waals surface area contributed by atoms with Crippen LogP contribution in [0.4, 0.5) is 0 Å². The predicted molar refractivity (Wildman–Crippen MR) is 77.9 cm³/mol. The highest BCUT2D eigenvalue weighted by atomic mass is 16.2. The Balaban J connectivity index is 2.27. The maximum absolute atomic E-state index is 12.4. The van der Waals surface area contributed by atoms with Crippen molar-refractivity contribution in [1.82, 2.24) is 14.9 Å². The van der Waals surface area contributed by atoms with Crippen molar-refractivity contribution in [3.63, 3.8) is 0 Å². The number of carbonyl (C=O) groups is 1. The van der Waals surface area contributed by atoms with Crippen LogP contribution in [0.2, 0.25) is 0 Å². The highest BCUT2D eigenvalue weighted by Gasteiger charge is 2.18. The number of nitrogens with one attached hydrogen (secondary N) is 2. The molecule has 2 aromatic rings. The molecular weight excluding hydrogens is 272 g/mol. The number of hydrogen-bond donors (Lipinski definition) is 3. The van der Waals surface area contributed by atoms with Crippen LogP contribution in [-0.2, 0) is 6.54 Å². The van der Waals surface area contributed by atoms with E-state index in [0.29, 0.717) is 13.1 Å². The van der Waals surface area contributed by atoms with E-state index < -0.39 is 17.2 Å². The summed E-state index contributed by atoms with van der Waals surface area (Å²) in [6, 6.07) is 9.38.